The van der Waals surface area contributed by atoms with Crippen LogP contribution >= 0.6 is 0 Å². The molecule has 154 valence electrons. The number of piperidine rings is 1. The summed E-state index contributed by atoms with van der Waals surface area (Å²) < 4.78 is 68.0. The molecule has 2 aromatic rings. The van der Waals surface area contributed by atoms with Crippen LogP contribution in [0.15, 0.2) is 53.4 Å². The Labute approximate surface area is 166 Å². The van der Waals surface area contributed by atoms with E-state index in [-0.39, 0.29) is 10.9 Å². The van der Waals surface area contributed by atoms with Crippen molar-refractivity contribution in [3.63, 3.8) is 0 Å². The van der Waals surface area contributed by atoms with Gasteiger partial charge in [0.2, 0.25) is 10.0 Å². The third kappa shape index (κ3) is 5.62. The van der Waals surface area contributed by atoms with Gasteiger partial charge in [-0.2, -0.15) is 5.26 Å². The number of benzene rings is 2. The van der Waals surface area contributed by atoms with Gasteiger partial charge in [0.15, 0.2) is 0 Å². The van der Waals surface area contributed by atoms with Gasteiger partial charge in [-0.15, -0.1) is 13.2 Å². The Balaban J connectivity index is 1.58. The van der Waals surface area contributed by atoms with Gasteiger partial charge in [-0.3, -0.25) is 0 Å². The quantitative estimate of drug-likeness (QED) is 0.794. The third-order valence-corrected chi connectivity index (χ3v) is 6.08. The fourth-order valence-corrected chi connectivity index (χ4v) is 4.42. The van der Waals surface area contributed by atoms with Crippen molar-refractivity contribution in [2.45, 2.75) is 30.1 Å². The molecule has 6 nitrogen and oxygen atoms in total. The van der Waals surface area contributed by atoms with Crippen LogP contribution in [0.3, 0.4) is 0 Å². The van der Waals surface area contributed by atoms with Gasteiger partial charge < -0.3 is 9.64 Å². The van der Waals surface area contributed by atoms with E-state index < -0.39 is 22.1 Å². The van der Waals surface area contributed by atoms with Gasteiger partial charge in [-0.05, 0) is 61.4 Å². The van der Waals surface area contributed by atoms with Crippen molar-refractivity contribution in [2.75, 3.05) is 18.0 Å². The van der Waals surface area contributed by atoms with Crippen LogP contribution in [-0.4, -0.2) is 33.9 Å². The molecule has 0 unspecified atom stereocenters. The second-order valence-corrected chi connectivity index (χ2v) is 8.27. The highest BCUT2D eigenvalue weighted by Crippen LogP contribution is 2.25. The number of rotatable bonds is 5. The first-order valence-corrected chi connectivity index (χ1v) is 10.3. The highest BCUT2D eigenvalue weighted by molar-refractivity contribution is 7.89. The van der Waals surface area contributed by atoms with Crippen molar-refractivity contribution in [3.05, 3.63) is 54.1 Å². The van der Waals surface area contributed by atoms with Crippen molar-refractivity contribution < 1.29 is 26.3 Å². The molecule has 0 saturated carbocycles. The smallest absolute Gasteiger partial charge is 0.406 e. The van der Waals surface area contributed by atoms with Crippen LogP contribution in [0, 0.1) is 11.3 Å². The molecule has 1 saturated heterocycles. The molecule has 0 bridgehead atoms. The Bertz CT molecular complexity index is 977. The van der Waals surface area contributed by atoms with Crippen molar-refractivity contribution in [1.82, 2.24) is 4.72 Å². The zero-order chi connectivity index (χ0) is 21.1. The maximum atomic E-state index is 12.5. The summed E-state index contributed by atoms with van der Waals surface area (Å²) in [7, 11) is -3.85. The summed E-state index contributed by atoms with van der Waals surface area (Å²) in [5.74, 6) is -0.479. The second kappa shape index (κ2) is 8.31. The van der Waals surface area contributed by atoms with Gasteiger partial charge in [-0.25, -0.2) is 13.1 Å². The van der Waals surface area contributed by atoms with Crippen molar-refractivity contribution in [1.29, 1.82) is 5.26 Å². The molecule has 1 fully saturated rings. The molecule has 2 aromatic carbocycles. The molecule has 10 heteroatoms. The van der Waals surface area contributed by atoms with Crippen molar-refractivity contribution in [3.8, 4) is 11.8 Å². The summed E-state index contributed by atoms with van der Waals surface area (Å²) in [6.07, 6.45) is -3.68. The van der Waals surface area contributed by atoms with E-state index >= 15 is 0 Å². The summed E-state index contributed by atoms with van der Waals surface area (Å²) in [6.45, 7) is 1.27. The Hall–Kier alpha value is -2.77. The first kappa shape index (κ1) is 21.0. The minimum Gasteiger partial charge on any atom is -0.406 e. The average molecular weight is 425 g/mol. The second-order valence-electron chi connectivity index (χ2n) is 6.56. The topological polar surface area (TPSA) is 82.4 Å². The van der Waals surface area contributed by atoms with E-state index in [1.54, 1.807) is 12.1 Å². The molecule has 1 heterocycles. The highest BCUT2D eigenvalue weighted by atomic mass is 32.2. The standard InChI is InChI=1S/C19H18F3N3O3S/c20-19(21,22)28-17-5-7-18(8-6-17)29(26,27)24-15-9-11-25(12-10-15)16-3-1-14(13-23)2-4-16/h1-8,15,24H,9-12H2. The van der Waals surface area contributed by atoms with Gasteiger partial charge in [0, 0.05) is 24.8 Å². The lowest BCUT2D eigenvalue weighted by Gasteiger charge is -2.33. The number of hydrogen-bond acceptors (Lipinski definition) is 5. The van der Waals surface area contributed by atoms with Crippen molar-refractivity contribution in [2.24, 2.45) is 0 Å². The fourth-order valence-electron chi connectivity index (χ4n) is 3.11. The number of nitrogens with one attached hydrogen (secondary N) is 1. The number of halogens is 3. The molecule has 29 heavy (non-hydrogen) atoms. The first-order valence-electron chi connectivity index (χ1n) is 8.79. The average Bonchev–Trinajstić information content (AvgIpc) is 2.67. The van der Waals surface area contributed by atoms with Crippen LogP contribution in [0.25, 0.3) is 0 Å². The molecule has 0 aromatic heterocycles. The number of nitrogens with zero attached hydrogens (tertiary/aromatic N) is 2. The van der Waals surface area contributed by atoms with Crippen LogP contribution in [0.5, 0.6) is 5.75 Å². The number of nitriles is 1. The molecule has 0 atom stereocenters. The maximum absolute atomic E-state index is 12.5. The number of hydrogen-bond donors (Lipinski definition) is 1. The zero-order valence-corrected chi connectivity index (χ0v) is 16.0. The third-order valence-electron chi connectivity index (χ3n) is 4.55. The molecule has 0 spiro atoms. The fraction of sp³-hybridized carbons (Fsp3) is 0.316. The Morgan fingerprint density at radius 1 is 1.03 bits per heavy atom. The molecule has 1 aliphatic rings. The summed E-state index contributed by atoms with van der Waals surface area (Å²) in [5, 5.41) is 8.85. The highest BCUT2D eigenvalue weighted by Gasteiger charge is 2.31. The number of anilines is 1. The van der Waals surface area contributed by atoms with Crippen LogP contribution in [-0.2, 0) is 10.0 Å². The van der Waals surface area contributed by atoms with Gasteiger partial charge in [-0.1, -0.05) is 0 Å². The van der Waals surface area contributed by atoms with Gasteiger partial charge >= 0.3 is 6.36 Å². The van der Waals surface area contributed by atoms with Crippen LogP contribution < -0.4 is 14.4 Å². The Morgan fingerprint density at radius 3 is 2.14 bits per heavy atom. The maximum Gasteiger partial charge on any atom is 0.573 e. The number of ether oxygens (including phenoxy) is 1. The zero-order valence-electron chi connectivity index (χ0n) is 15.2. The molecular weight excluding hydrogens is 407 g/mol. The van der Waals surface area contributed by atoms with E-state index in [9.17, 15) is 21.6 Å². The SMILES string of the molecule is N#Cc1ccc(N2CCC(NS(=O)(=O)c3ccc(OC(F)(F)F)cc3)CC2)cc1. The van der Waals surface area contributed by atoms with E-state index in [1.165, 1.54) is 0 Å². The van der Waals surface area contributed by atoms with Crippen LogP contribution in [0.4, 0.5) is 18.9 Å². The Morgan fingerprint density at radius 2 is 1.62 bits per heavy atom. The van der Waals surface area contributed by atoms with E-state index in [0.717, 1.165) is 30.0 Å². The van der Waals surface area contributed by atoms with E-state index in [0.29, 0.717) is 31.5 Å². The summed E-state index contributed by atoms with van der Waals surface area (Å²) in [4.78, 5) is 1.98. The van der Waals surface area contributed by atoms with Gasteiger partial charge in [0.1, 0.15) is 5.75 Å². The predicted molar refractivity (Wildman–Crippen MR) is 99.8 cm³/mol. The molecule has 0 amide bonds. The summed E-state index contributed by atoms with van der Waals surface area (Å²) >= 11 is 0. The van der Waals surface area contributed by atoms with E-state index in [4.69, 9.17) is 5.26 Å². The summed E-state index contributed by atoms with van der Waals surface area (Å²) in [6, 6.07) is 13.1. The van der Waals surface area contributed by atoms with Gasteiger partial charge in [0.25, 0.3) is 0 Å². The van der Waals surface area contributed by atoms with Crippen molar-refractivity contribution >= 4 is 15.7 Å². The number of sulfonamides is 1. The van der Waals surface area contributed by atoms with E-state index in [2.05, 4.69) is 20.4 Å². The molecule has 1 N–H and O–H groups in total. The Kier molecular flexibility index (Phi) is 6.00. The first-order chi connectivity index (χ1) is 13.7. The van der Waals surface area contributed by atoms with Gasteiger partial charge in [0.05, 0.1) is 16.5 Å². The molecule has 0 aliphatic carbocycles. The normalized spacial score (nSPS) is 15.7. The van der Waals surface area contributed by atoms with E-state index in [1.807, 2.05) is 12.1 Å². The lowest BCUT2D eigenvalue weighted by molar-refractivity contribution is -0.274. The minimum atomic E-state index is -4.83. The monoisotopic (exact) mass is 425 g/mol. The number of alkyl halides is 3. The molecular formula is C19H18F3N3O3S. The molecule has 3 rings (SSSR count). The molecule has 0 radical (unpaired) electrons. The minimum absolute atomic E-state index is 0.124. The molecule has 1 aliphatic heterocycles. The lowest BCUT2D eigenvalue weighted by Crippen LogP contribution is -2.44. The lowest BCUT2D eigenvalue weighted by atomic mass is 10.1. The summed E-state index contributed by atoms with van der Waals surface area (Å²) in [5.41, 5.74) is 1.54. The van der Waals surface area contributed by atoms with Crippen LogP contribution in [0.2, 0.25) is 0 Å². The predicted octanol–water partition coefficient (Wildman–Crippen LogP) is 3.40. The largest absolute Gasteiger partial charge is 0.573 e. The van der Waals surface area contributed by atoms with Crippen LogP contribution in [0.1, 0.15) is 18.4 Å².